The summed E-state index contributed by atoms with van der Waals surface area (Å²) >= 11 is 0. The molecule has 1 saturated carbocycles. The molecule has 2 amide bonds. The normalized spacial score (nSPS) is 22.3. The Kier molecular flexibility index (Phi) is 4.37. The first-order chi connectivity index (χ1) is 12.7. The average Bonchev–Trinajstić information content (AvgIpc) is 3.49. The van der Waals surface area contributed by atoms with Crippen molar-refractivity contribution in [3.8, 4) is 5.75 Å². The molecule has 1 aliphatic heterocycles. The molecule has 1 aliphatic carbocycles. The van der Waals surface area contributed by atoms with Crippen LogP contribution in [0.1, 0.15) is 17.9 Å². The Balaban J connectivity index is 1.39. The maximum Gasteiger partial charge on any atom is 0.246 e. The fraction of sp³-hybridized carbons (Fsp3) is 0.333. The standard InChI is InChI=1S/C21H22N2O3/c1-26-17-9-5-8-16(12-17)23-11-10-22(14-20(23)24)21(25)19-13-18(19)15-6-3-2-4-7-15/h2-9,12,18-19H,10-11,13-14H2,1H3/t18-,19+/m0/s1. The van der Waals surface area contributed by atoms with Crippen molar-refractivity contribution in [3.63, 3.8) is 0 Å². The van der Waals surface area contributed by atoms with E-state index in [9.17, 15) is 9.59 Å². The van der Waals surface area contributed by atoms with E-state index in [-0.39, 0.29) is 24.3 Å². The number of anilines is 1. The van der Waals surface area contributed by atoms with Crippen LogP contribution in [0.15, 0.2) is 54.6 Å². The van der Waals surface area contributed by atoms with E-state index < -0.39 is 0 Å². The molecule has 5 nitrogen and oxygen atoms in total. The summed E-state index contributed by atoms with van der Waals surface area (Å²) in [6.45, 7) is 1.23. The predicted molar refractivity (Wildman–Crippen MR) is 99.2 cm³/mol. The number of hydrogen-bond acceptors (Lipinski definition) is 3. The van der Waals surface area contributed by atoms with Gasteiger partial charge in [-0.2, -0.15) is 0 Å². The number of carbonyl (C=O) groups is 2. The Morgan fingerprint density at radius 2 is 1.88 bits per heavy atom. The molecule has 0 aromatic heterocycles. The highest BCUT2D eigenvalue weighted by molar-refractivity contribution is 5.98. The number of rotatable bonds is 4. The van der Waals surface area contributed by atoms with Gasteiger partial charge in [0.2, 0.25) is 11.8 Å². The quantitative estimate of drug-likeness (QED) is 0.852. The van der Waals surface area contributed by atoms with Gasteiger partial charge in [0.1, 0.15) is 12.3 Å². The Bertz CT molecular complexity index is 821. The van der Waals surface area contributed by atoms with Crippen molar-refractivity contribution < 1.29 is 14.3 Å². The topological polar surface area (TPSA) is 49.9 Å². The molecule has 2 atom stereocenters. The van der Waals surface area contributed by atoms with Gasteiger partial charge in [-0.3, -0.25) is 9.59 Å². The molecular weight excluding hydrogens is 328 g/mol. The predicted octanol–water partition coefficient (Wildman–Crippen LogP) is 2.67. The van der Waals surface area contributed by atoms with Crippen LogP contribution < -0.4 is 9.64 Å². The Morgan fingerprint density at radius 1 is 1.08 bits per heavy atom. The summed E-state index contributed by atoms with van der Waals surface area (Å²) in [6.07, 6.45) is 0.882. The molecule has 5 heteroatoms. The molecule has 1 saturated heterocycles. The fourth-order valence-corrected chi connectivity index (χ4v) is 3.68. The SMILES string of the molecule is COc1cccc(N2CCN(C(=O)[C@@H]3C[C@H]3c3ccccc3)CC2=O)c1. The molecule has 4 rings (SSSR count). The third-order valence-electron chi connectivity index (χ3n) is 5.23. The number of amides is 2. The minimum atomic E-state index is -0.0465. The van der Waals surface area contributed by atoms with E-state index in [0.29, 0.717) is 19.0 Å². The summed E-state index contributed by atoms with van der Waals surface area (Å²) in [5.41, 5.74) is 2.03. The van der Waals surface area contributed by atoms with Gasteiger partial charge >= 0.3 is 0 Å². The Morgan fingerprint density at radius 3 is 2.62 bits per heavy atom. The maximum absolute atomic E-state index is 12.8. The van der Waals surface area contributed by atoms with E-state index in [1.165, 1.54) is 5.56 Å². The fourth-order valence-electron chi connectivity index (χ4n) is 3.68. The Hall–Kier alpha value is -2.82. The Labute approximate surface area is 153 Å². The molecule has 2 aromatic rings. The monoisotopic (exact) mass is 350 g/mol. The zero-order valence-electron chi connectivity index (χ0n) is 14.8. The summed E-state index contributed by atoms with van der Waals surface area (Å²) in [4.78, 5) is 28.8. The zero-order chi connectivity index (χ0) is 18.1. The van der Waals surface area contributed by atoms with Crippen LogP contribution in [-0.4, -0.2) is 43.5 Å². The summed E-state index contributed by atoms with van der Waals surface area (Å²) in [5.74, 6) is 1.11. The van der Waals surface area contributed by atoms with Gasteiger partial charge in [-0.25, -0.2) is 0 Å². The number of benzene rings is 2. The van der Waals surface area contributed by atoms with Crippen molar-refractivity contribution in [2.75, 3.05) is 31.6 Å². The minimum absolute atomic E-state index is 0.0218. The molecule has 2 aliphatic rings. The van der Waals surface area contributed by atoms with Crippen LogP contribution in [0, 0.1) is 5.92 Å². The molecule has 0 spiro atoms. The van der Waals surface area contributed by atoms with Gasteiger partial charge in [0.15, 0.2) is 0 Å². The van der Waals surface area contributed by atoms with Crippen LogP contribution in [0.2, 0.25) is 0 Å². The maximum atomic E-state index is 12.8. The first-order valence-corrected chi connectivity index (χ1v) is 8.95. The van der Waals surface area contributed by atoms with Crippen molar-refractivity contribution in [2.45, 2.75) is 12.3 Å². The van der Waals surface area contributed by atoms with Crippen molar-refractivity contribution in [2.24, 2.45) is 5.92 Å². The molecule has 1 heterocycles. The number of hydrogen-bond donors (Lipinski definition) is 0. The number of methoxy groups -OCH3 is 1. The molecule has 0 N–H and O–H groups in total. The number of piperazine rings is 1. The van der Waals surface area contributed by atoms with Crippen molar-refractivity contribution in [1.29, 1.82) is 0 Å². The van der Waals surface area contributed by atoms with Gasteiger partial charge in [0.25, 0.3) is 0 Å². The second-order valence-corrected chi connectivity index (χ2v) is 6.87. The first kappa shape index (κ1) is 16.6. The molecule has 0 radical (unpaired) electrons. The zero-order valence-corrected chi connectivity index (χ0v) is 14.8. The van der Waals surface area contributed by atoms with E-state index in [0.717, 1.165) is 17.9 Å². The second-order valence-electron chi connectivity index (χ2n) is 6.87. The number of nitrogens with zero attached hydrogens (tertiary/aromatic N) is 2. The van der Waals surface area contributed by atoms with Crippen LogP contribution in [0.4, 0.5) is 5.69 Å². The van der Waals surface area contributed by atoms with Crippen LogP contribution in [0.5, 0.6) is 5.75 Å². The number of carbonyl (C=O) groups excluding carboxylic acids is 2. The van der Waals surface area contributed by atoms with Gasteiger partial charge in [0, 0.05) is 30.8 Å². The van der Waals surface area contributed by atoms with Gasteiger partial charge in [-0.15, -0.1) is 0 Å². The van der Waals surface area contributed by atoms with Gasteiger partial charge in [-0.05, 0) is 30.0 Å². The largest absolute Gasteiger partial charge is 0.497 e. The van der Waals surface area contributed by atoms with Gasteiger partial charge < -0.3 is 14.5 Å². The molecule has 26 heavy (non-hydrogen) atoms. The van der Waals surface area contributed by atoms with E-state index in [1.807, 2.05) is 42.5 Å². The third kappa shape index (κ3) is 3.17. The third-order valence-corrected chi connectivity index (χ3v) is 5.23. The lowest BCUT2D eigenvalue weighted by molar-refractivity contribution is -0.138. The van der Waals surface area contributed by atoms with Crippen molar-refractivity contribution in [1.82, 2.24) is 4.90 Å². The molecule has 0 unspecified atom stereocenters. The van der Waals surface area contributed by atoms with Crippen LogP contribution in [0.3, 0.4) is 0 Å². The lowest BCUT2D eigenvalue weighted by atomic mass is 10.1. The lowest BCUT2D eigenvalue weighted by Crippen LogP contribution is -2.52. The van der Waals surface area contributed by atoms with E-state index in [4.69, 9.17) is 4.74 Å². The van der Waals surface area contributed by atoms with E-state index in [1.54, 1.807) is 16.9 Å². The van der Waals surface area contributed by atoms with Gasteiger partial charge in [0.05, 0.1) is 7.11 Å². The van der Waals surface area contributed by atoms with Crippen molar-refractivity contribution in [3.05, 3.63) is 60.2 Å². The molecule has 0 bridgehead atoms. The smallest absolute Gasteiger partial charge is 0.246 e. The van der Waals surface area contributed by atoms with Crippen LogP contribution in [0.25, 0.3) is 0 Å². The highest BCUT2D eigenvalue weighted by Gasteiger charge is 2.46. The minimum Gasteiger partial charge on any atom is -0.497 e. The highest BCUT2D eigenvalue weighted by atomic mass is 16.5. The molecule has 2 fully saturated rings. The van der Waals surface area contributed by atoms with Gasteiger partial charge in [-0.1, -0.05) is 36.4 Å². The average molecular weight is 350 g/mol. The summed E-state index contributed by atoms with van der Waals surface area (Å²) in [5, 5.41) is 0. The molecule has 2 aromatic carbocycles. The van der Waals surface area contributed by atoms with E-state index in [2.05, 4.69) is 12.1 Å². The molecule has 134 valence electrons. The first-order valence-electron chi connectivity index (χ1n) is 8.95. The highest BCUT2D eigenvalue weighted by Crippen LogP contribution is 2.48. The van der Waals surface area contributed by atoms with Crippen LogP contribution >= 0.6 is 0 Å². The lowest BCUT2D eigenvalue weighted by Gasteiger charge is -2.34. The number of ether oxygens (including phenoxy) is 1. The summed E-state index contributed by atoms with van der Waals surface area (Å²) < 4.78 is 5.23. The molecular formula is C21H22N2O3. The summed E-state index contributed by atoms with van der Waals surface area (Å²) in [7, 11) is 1.61. The summed E-state index contributed by atoms with van der Waals surface area (Å²) in [6, 6.07) is 17.6. The second kappa shape index (κ2) is 6.83. The van der Waals surface area contributed by atoms with E-state index >= 15 is 0 Å². The van der Waals surface area contributed by atoms with Crippen molar-refractivity contribution >= 4 is 17.5 Å². The van der Waals surface area contributed by atoms with Crippen LogP contribution in [-0.2, 0) is 9.59 Å².